The van der Waals surface area contributed by atoms with Crippen molar-refractivity contribution in [2.75, 3.05) is 13.2 Å². The molecular formula is C24H38O11. The van der Waals surface area contributed by atoms with Crippen LogP contribution in [0, 0.1) is 11.3 Å². The van der Waals surface area contributed by atoms with E-state index in [0.29, 0.717) is 6.42 Å². The Kier molecular flexibility index (Phi) is 9.25. The molecule has 1 aliphatic carbocycles. The van der Waals surface area contributed by atoms with Gasteiger partial charge in [-0.2, -0.15) is 0 Å². The third kappa shape index (κ3) is 6.55. The van der Waals surface area contributed by atoms with Gasteiger partial charge in [0.2, 0.25) is 0 Å². The number of ketones is 1. The maximum absolute atomic E-state index is 11.9. The molecule has 0 unspecified atom stereocenters. The zero-order chi connectivity index (χ0) is 26.1. The molecule has 0 bridgehead atoms. The predicted octanol–water partition coefficient (Wildman–Crippen LogP) is -1.23. The quantitative estimate of drug-likeness (QED) is 0.230. The molecule has 0 saturated carbocycles. The zero-order valence-electron chi connectivity index (χ0n) is 20.4. The first kappa shape index (κ1) is 28.3. The molecule has 3 aliphatic rings. The average molecular weight is 503 g/mol. The van der Waals surface area contributed by atoms with Gasteiger partial charge in [-0.25, -0.2) is 0 Å². The fraction of sp³-hybridized carbons (Fsp3) is 0.792. The maximum atomic E-state index is 11.9. The molecule has 2 fully saturated rings. The highest BCUT2D eigenvalue weighted by molar-refractivity contribution is 5.92. The summed E-state index contributed by atoms with van der Waals surface area (Å²) in [7, 11) is 0. The standard InChI is InChI=1S/C24H38O11/c1-11-7-13(25)8-24(3,4)14(11)6-5-12(2)34-23-21(31)19(29)18(28)16(35-23)10-33-22-20(30)17(27)15(26)9-32-22/h5-7,12,14-23,26-31H,8-10H2,1-4H3/b6-5+/t12-,14+,15-,16-,17+,18-,19+,20-,21-,22+,23-/m1/s1. The van der Waals surface area contributed by atoms with Gasteiger partial charge in [0.1, 0.15) is 42.7 Å². The molecule has 2 aliphatic heterocycles. The molecule has 200 valence electrons. The van der Waals surface area contributed by atoms with Gasteiger partial charge in [-0.15, -0.1) is 0 Å². The van der Waals surface area contributed by atoms with Gasteiger partial charge in [-0.3, -0.25) is 4.79 Å². The van der Waals surface area contributed by atoms with Crippen molar-refractivity contribution in [3.05, 3.63) is 23.8 Å². The largest absolute Gasteiger partial charge is 0.388 e. The minimum Gasteiger partial charge on any atom is -0.388 e. The van der Waals surface area contributed by atoms with Gasteiger partial charge in [0.25, 0.3) is 0 Å². The van der Waals surface area contributed by atoms with E-state index in [9.17, 15) is 35.4 Å². The highest BCUT2D eigenvalue weighted by Gasteiger charge is 2.46. The molecule has 0 amide bonds. The van der Waals surface area contributed by atoms with Crippen LogP contribution in [-0.2, 0) is 23.7 Å². The first-order valence-corrected chi connectivity index (χ1v) is 11.8. The summed E-state index contributed by atoms with van der Waals surface area (Å²) in [6.45, 7) is 7.06. The lowest BCUT2D eigenvalue weighted by Crippen LogP contribution is -2.60. The van der Waals surface area contributed by atoms with E-state index in [-0.39, 0.29) is 30.3 Å². The van der Waals surface area contributed by atoms with Crippen LogP contribution in [0.25, 0.3) is 0 Å². The minimum absolute atomic E-state index is 0.0211. The van der Waals surface area contributed by atoms with Crippen molar-refractivity contribution in [2.24, 2.45) is 11.3 Å². The Labute approximate surface area is 204 Å². The molecule has 11 nitrogen and oxygen atoms in total. The van der Waals surface area contributed by atoms with E-state index < -0.39 is 61.4 Å². The van der Waals surface area contributed by atoms with Crippen LogP contribution < -0.4 is 0 Å². The van der Waals surface area contributed by atoms with Crippen molar-refractivity contribution in [1.29, 1.82) is 0 Å². The van der Waals surface area contributed by atoms with Crippen LogP contribution in [0.3, 0.4) is 0 Å². The lowest BCUT2D eigenvalue weighted by atomic mass is 9.68. The molecule has 35 heavy (non-hydrogen) atoms. The Hall–Kier alpha value is -1.25. The number of hydrogen-bond acceptors (Lipinski definition) is 11. The van der Waals surface area contributed by atoms with E-state index in [4.69, 9.17) is 18.9 Å². The molecule has 11 heteroatoms. The minimum atomic E-state index is -1.59. The number of allylic oxidation sites excluding steroid dienone is 3. The first-order chi connectivity index (χ1) is 16.3. The molecule has 2 saturated heterocycles. The third-order valence-corrected chi connectivity index (χ3v) is 6.82. The fourth-order valence-corrected chi connectivity index (χ4v) is 4.79. The molecule has 0 spiro atoms. The molecule has 0 radical (unpaired) electrons. The van der Waals surface area contributed by atoms with Crippen molar-refractivity contribution in [3.63, 3.8) is 0 Å². The van der Waals surface area contributed by atoms with Crippen LogP contribution in [0.1, 0.15) is 34.1 Å². The monoisotopic (exact) mass is 502 g/mol. The van der Waals surface area contributed by atoms with Gasteiger partial charge in [0.15, 0.2) is 18.4 Å². The second-order valence-electron chi connectivity index (χ2n) is 10.3. The van der Waals surface area contributed by atoms with Crippen LogP contribution in [0.5, 0.6) is 0 Å². The Morgan fingerprint density at radius 3 is 2.37 bits per heavy atom. The number of rotatable bonds is 7. The van der Waals surface area contributed by atoms with Crippen molar-refractivity contribution in [2.45, 2.75) is 95.5 Å². The van der Waals surface area contributed by atoms with Gasteiger partial charge < -0.3 is 49.6 Å². The van der Waals surface area contributed by atoms with Crippen molar-refractivity contribution < 1.29 is 54.4 Å². The molecule has 2 heterocycles. The maximum Gasteiger partial charge on any atom is 0.187 e. The first-order valence-electron chi connectivity index (χ1n) is 11.8. The highest BCUT2D eigenvalue weighted by Crippen LogP contribution is 2.40. The van der Waals surface area contributed by atoms with Crippen LogP contribution in [0.2, 0.25) is 0 Å². The number of aliphatic hydroxyl groups excluding tert-OH is 6. The summed E-state index contributed by atoms with van der Waals surface area (Å²) in [5.41, 5.74) is 0.689. The van der Waals surface area contributed by atoms with E-state index in [1.165, 1.54) is 0 Å². The van der Waals surface area contributed by atoms with E-state index in [2.05, 4.69) is 0 Å². The van der Waals surface area contributed by atoms with Crippen molar-refractivity contribution in [3.8, 4) is 0 Å². The molecule has 3 rings (SSSR count). The normalized spacial score (nSPS) is 43.3. The smallest absolute Gasteiger partial charge is 0.187 e. The summed E-state index contributed by atoms with van der Waals surface area (Å²) in [5.74, 6) is 0.116. The topological polar surface area (TPSA) is 175 Å². The Bertz CT molecular complexity index is 796. The van der Waals surface area contributed by atoms with Gasteiger partial charge in [-0.1, -0.05) is 31.6 Å². The van der Waals surface area contributed by atoms with Gasteiger partial charge >= 0.3 is 0 Å². The lowest BCUT2D eigenvalue weighted by Gasteiger charge is -2.42. The highest BCUT2D eigenvalue weighted by atomic mass is 16.7. The van der Waals surface area contributed by atoms with Crippen LogP contribution >= 0.6 is 0 Å². The Morgan fingerprint density at radius 1 is 1.06 bits per heavy atom. The van der Waals surface area contributed by atoms with E-state index >= 15 is 0 Å². The van der Waals surface area contributed by atoms with Crippen LogP contribution in [0.15, 0.2) is 23.8 Å². The summed E-state index contributed by atoms with van der Waals surface area (Å²) < 4.78 is 22.0. The summed E-state index contributed by atoms with van der Waals surface area (Å²) in [4.78, 5) is 11.9. The summed E-state index contributed by atoms with van der Waals surface area (Å²) in [6, 6.07) is 0. The number of hydrogen-bond donors (Lipinski definition) is 6. The van der Waals surface area contributed by atoms with Crippen molar-refractivity contribution in [1.82, 2.24) is 0 Å². The molecule has 11 atom stereocenters. The van der Waals surface area contributed by atoms with Crippen LogP contribution in [0.4, 0.5) is 0 Å². The van der Waals surface area contributed by atoms with Gasteiger partial charge in [0.05, 0.1) is 19.3 Å². The molecule has 6 N–H and O–H groups in total. The number of carbonyl (C=O) groups excluding carboxylic acids is 1. The van der Waals surface area contributed by atoms with Crippen molar-refractivity contribution >= 4 is 5.78 Å². The van der Waals surface area contributed by atoms with Gasteiger partial charge in [-0.05, 0) is 25.3 Å². The summed E-state index contributed by atoms with van der Waals surface area (Å²) in [6.07, 6.45) is -7.31. The predicted molar refractivity (Wildman–Crippen MR) is 121 cm³/mol. The van der Waals surface area contributed by atoms with Crippen LogP contribution in [-0.4, -0.2) is 111 Å². The zero-order valence-corrected chi connectivity index (χ0v) is 20.4. The summed E-state index contributed by atoms with van der Waals surface area (Å²) in [5, 5.41) is 60.3. The summed E-state index contributed by atoms with van der Waals surface area (Å²) >= 11 is 0. The van der Waals surface area contributed by atoms with Gasteiger partial charge in [0, 0.05) is 12.3 Å². The second kappa shape index (κ2) is 11.4. The van der Waals surface area contributed by atoms with E-state index in [0.717, 1.165) is 5.57 Å². The molecule has 0 aromatic heterocycles. The van der Waals surface area contributed by atoms with E-state index in [1.54, 1.807) is 19.1 Å². The Balaban J connectivity index is 1.60. The molecule has 0 aromatic rings. The number of carbonyl (C=O) groups is 1. The lowest BCUT2D eigenvalue weighted by molar-refractivity contribution is -0.324. The second-order valence-corrected chi connectivity index (χ2v) is 10.3. The van der Waals surface area contributed by atoms with E-state index in [1.807, 2.05) is 26.8 Å². The number of aliphatic hydroxyl groups is 6. The molecule has 0 aromatic carbocycles. The third-order valence-electron chi connectivity index (χ3n) is 6.82. The Morgan fingerprint density at radius 2 is 1.71 bits per heavy atom. The SMILES string of the molecule is CC1=CC(=O)CC(C)(C)[C@H]1/C=C/[C@@H](C)O[C@@H]1O[C@H](CO[C@@H]2OC[C@@H](O)[C@H](O)[C@H]2O)[C@@H](O)[C@H](O)[C@H]1O. The average Bonchev–Trinajstić information content (AvgIpc) is 2.76. The fourth-order valence-electron chi connectivity index (χ4n) is 4.79. The molecular weight excluding hydrogens is 464 g/mol. The number of ether oxygens (including phenoxy) is 4.